The number of hydrogen-bond donors (Lipinski definition) is 2. The monoisotopic (exact) mass is 276 g/mol. The molecule has 0 radical (unpaired) electrons. The van der Waals surface area contributed by atoms with E-state index in [0.29, 0.717) is 11.5 Å². The van der Waals surface area contributed by atoms with E-state index < -0.39 is 0 Å². The molecule has 1 aliphatic rings. The van der Waals surface area contributed by atoms with E-state index in [1.54, 1.807) is 13.0 Å². The van der Waals surface area contributed by atoms with Gasteiger partial charge in [0.25, 0.3) is 0 Å². The van der Waals surface area contributed by atoms with Crippen molar-refractivity contribution in [3.05, 3.63) is 22.4 Å². The normalized spacial score (nSPS) is 16.6. The van der Waals surface area contributed by atoms with E-state index in [0.717, 1.165) is 18.9 Å². The summed E-state index contributed by atoms with van der Waals surface area (Å²) in [7, 11) is 0. The maximum Gasteiger partial charge on any atom is 0.349 e. The molecule has 2 aromatic heterocycles. The summed E-state index contributed by atoms with van der Waals surface area (Å²) in [6, 6.07) is 1.79. The highest BCUT2D eigenvalue weighted by atomic mass is 16.1. The van der Waals surface area contributed by atoms with Crippen LogP contribution in [0.3, 0.4) is 0 Å². The highest BCUT2D eigenvalue weighted by molar-refractivity contribution is 5.49. The van der Waals surface area contributed by atoms with Crippen molar-refractivity contribution in [2.75, 3.05) is 31.5 Å². The number of hydrogen-bond acceptors (Lipinski definition) is 5. The molecule has 0 atom stereocenters. The van der Waals surface area contributed by atoms with Gasteiger partial charge in [-0.2, -0.15) is 5.10 Å². The van der Waals surface area contributed by atoms with Crippen LogP contribution in [-0.2, 0) is 0 Å². The topological polar surface area (TPSA) is 78.3 Å². The minimum atomic E-state index is -0.245. The predicted molar refractivity (Wildman–Crippen MR) is 77.1 cm³/mol. The van der Waals surface area contributed by atoms with Crippen LogP contribution in [0.25, 0.3) is 5.65 Å². The van der Waals surface area contributed by atoms with Crippen molar-refractivity contribution in [2.24, 2.45) is 0 Å². The molecular weight excluding hydrogens is 256 g/mol. The highest BCUT2D eigenvalue weighted by Crippen LogP contribution is 2.09. The van der Waals surface area contributed by atoms with Crippen molar-refractivity contribution in [3.63, 3.8) is 0 Å². The summed E-state index contributed by atoms with van der Waals surface area (Å²) in [5.74, 6) is 1.41. The molecule has 0 aliphatic carbocycles. The molecule has 3 rings (SSSR count). The summed E-state index contributed by atoms with van der Waals surface area (Å²) in [6.45, 7) is 6.08. The van der Waals surface area contributed by atoms with Gasteiger partial charge in [-0.1, -0.05) is 6.42 Å². The molecule has 1 fully saturated rings. The van der Waals surface area contributed by atoms with Gasteiger partial charge in [-0.05, 0) is 32.9 Å². The number of aromatic amines is 1. The quantitative estimate of drug-likeness (QED) is 0.856. The minimum Gasteiger partial charge on any atom is -0.369 e. The minimum absolute atomic E-state index is 0.245. The average molecular weight is 276 g/mol. The zero-order chi connectivity index (χ0) is 13.9. The molecule has 3 heterocycles. The van der Waals surface area contributed by atoms with Crippen LogP contribution in [0.2, 0.25) is 0 Å². The molecule has 2 aromatic rings. The van der Waals surface area contributed by atoms with Gasteiger partial charge in [0.05, 0.1) is 0 Å². The second-order valence-electron chi connectivity index (χ2n) is 5.24. The van der Waals surface area contributed by atoms with Gasteiger partial charge in [0.2, 0.25) is 0 Å². The second kappa shape index (κ2) is 5.62. The zero-order valence-corrected chi connectivity index (χ0v) is 11.7. The lowest BCUT2D eigenvalue weighted by Crippen LogP contribution is -2.33. The number of H-pyrrole nitrogens is 1. The first-order valence-electron chi connectivity index (χ1n) is 7.15. The molecule has 1 aliphatic heterocycles. The number of anilines is 1. The van der Waals surface area contributed by atoms with Crippen molar-refractivity contribution in [1.29, 1.82) is 0 Å². The van der Waals surface area contributed by atoms with Crippen LogP contribution < -0.4 is 11.0 Å². The average Bonchev–Trinajstić information content (AvgIpc) is 2.82. The molecule has 20 heavy (non-hydrogen) atoms. The summed E-state index contributed by atoms with van der Waals surface area (Å²) in [6.07, 6.45) is 3.97. The van der Waals surface area contributed by atoms with Gasteiger partial charge in [-0.3, -0.25) is 0 Å². The molecule has 0 saturated carbocycles. The van der Waals surface area contributed by atoms with Crippen molar-refractivity contribution in [2.45, 2.75) is 26.2 Å². The Kier molecular flexibility index (Phi) is 3.68. The summed E-state index contributed by atoms with van der Waals surface area (Å²) in [5.41, 5.74) is 0.354. The summed E-state index contributed by atoms with van der Waals surface area (Å²) in [5, 5.41) is 9.72. The Morgan fingerprint density at radius 1 is 1.35 bits per heavy atom. The van der Waals surface area contributed by atoms with Gasteiger partial charge in [0, 0.05) is 19.2 Å². The number of aryl methyl sites for hydroxylation is 1. The number of aromatic nitrogens is 4. The third-order valence-corrected chi connectivity index (χ3v) is 3.75. The smallest absolute Gasteiger partial charge is 0.349 e. The van der Waals surface area contributed by atoms with Crippen LogP contribution in [0.5, 0.6) is 0 Å². The van der Waals surface area contributed by atoms with E-state index in [1.807, 2.05) is 0 Å². The molecule has 0 unspecified atom stereocenters. The molecule has 0 bridgehead atoms. The van der Waals surface area contributed by atoms with Crippen LogP contribution in [0.4, 0.5) is 5.82 Å². The fourth-order valence-electron chi connectivity index (χ4n) is 2.71. The first kappa shape index (κ1) is 13.1. The fourth-order valence-corrected chi connectivity index (χ4v) is 2.71. The molecule has 7 nitrogen and oxygen atoms in total. The van der Waals surface area contributed by atoms with Crippen molar-refractivity contribution < 1.29 is 0 Å². The molecule has 2 N–H and O–H groups in total. The van der Waals surface area contributed by atoms with E-state index in [1.165, 1.54) is 36.8 Å². The summed E-state index contributed by atoms with van der Waals surface area (Å²) >= 11 is 0. The van der Waals surface area contributed by atoms with Gasteiger partial charge in [0.1, 0.15) is 11.6 Å². The second-order valence-corrected chi connectivity index (χ2v) is 5.24. The van der Waals surface area contributed by atoms with Crippen LogP contribution in [0, 0.1) is 6.92 Å². The standard InChI is InChI=1S/C13H20N6O/c1-10-15-11(9-12-16-17-13(20)19(10)12)14-5-8-18-6-3-2-4-7-18/h9,14H,2-8H2,1H3,(H,17,20). The first-order chi connectivity index (χ1) is 9.74. The highest BCUT2D eigenvalue weighted by Gasteiger charge is 2.10. The van der Waals surface area contributed by atoms with E-state index in [2.05, 4.69) is 25.4 Å². The lowest BCUT2D eigenvalue weighted by Gasteiger charge is -2.26. The van der Waals surface area contributed by atoms with Crippen molar-refractivity contribution in [1.82, 2.24) is 24.5 Å². The molecule has 108 valence electrons. The number of fused-ring (bicyclic) bond motifs is 1. The molecule has 0 aromatic carbocycles. The van der Waals surface area contributed by atoms with E-state index in [4.69, 9.17) is 0 Å². The lowest BCUT2D eigenvalue weighted by molar-refractivity contribution is 0.237. The van der Waals surface area contributed by atoms with Crippen molar-refractivity contribution >= 4 is 11.5 Å². The Morgan fingerprint density at radius 2 is 2.15 bits per heavy atom. The predicted octanol–water partition coefficient (Wildman–Crippen LogP) is 0.624. The molecular formula is C13H20N6O. The Balaban J connectivity index is 1.64. The maximum absolute atomic E-state index is 11.5. The van der Waals surface area contributed by atoms with E-state index >= 15 is 0 Å². The van der Waals surface area contributed by atoms with Crippen molar-refractivity contribution in [3.8, 4) is 0 Å². The zero-order valence-electron chi connectivity index (χ0n) is 11.7. The van der Waals surface area contributed by atoms with Crippen LogP contribution >= 0.6 is 0 Å². The Bertz CT molecular complexity index is 640. The number of nitrogens with one attached hydrogen (secondary N) is 2. The van der Waals surface area contributed by atoms with Gasteiger partial charge in [-0.25, -0.2) is 19.3 Å². The fraction of sp³-hybridized carbons (Fsp3) is 0.615. The van der Waals surface area contributed by atoms with Gasteiger partial charge < -0.3 is 10.2 Å². The van der Waals surface area contributed by atoms with Gasteiger partial charge in [0.15, 0.2) is 5.65 Å². The van der Waals surface area contributed by atoms with Gasteiger partial charge >= 0.3 is 5.69 Å². The molecule has 7 heteroatoms. The van der Waals surface area contributed by atoms with E-state index in [9.17, 15) is 4.79 Å². The molecule has 0 spiro atoms. The van der Waals surface area contributed by atoms with E-state index in [-0.39, 0.29) is 5.69 Å². The Hall–Kier alpha value is -1.89. The summed E-state index contributed by atoms with van der Waals surface area (Å²) in [4.78, 5) is 18.4. The number of nitrogens with zero attached hydrogens (tertiary/aromatic N) is 4. The molecule has 0 amide bonds. The number of rotatable bonds is 4. The van der Waals surface area contributed by atoms with Crippen LogP contribution in [0.15, 0.2) is 10.9 Å². The third-order valence-electron chi connectivity index (χ3n) is 3.75. The van der Waals surface area contributed by atoms with Crippen LogP contribution in [-0.4, -0.2) is 50.7 Å². The maximum atomic E-state index is 11.5. The van der Waals surface area contributed by atoms with Gasteiger partial charge in [-0.15, -0.1) is 0 Å². The first-order valence-corrected chi connectivity index (χ1v) is 7.15. The third kappa shape index (κ3) is 2.67. The summed E-state index contributed by atoms with van der Waals surface area (Å²) < 4.78 is 1.47. The Labute approximate surface area is 117 Å². The number of likely N-dealkylation sites (tertiary alicyclic amines) is 1. The number of piperidine rings is 1. The Morgan fingerprint density at radius 3 is 2.95 bits per heavy atom. The largest absolute Gasteiger partial charge is 0.369 e. The SMILES string of the molecule is Cc1nc(NCCN2CCCCC2)cc2n[nH]c(=O)n12. The molecule has 1 saturated heterocycles. The van der Waals surface area contributed by atoms with Crippen LogP contribution in [0.1, 0.15) is 25.1 Å². The lowest BCUT2D eigenvalue weighted by atomic mass is 10.1.